The highest BCUT2D eigenvalue weighted by molar-refractivity contribution is 7.92. The minimum atomic E-state index is -4.32. The van der Waals surface area contributed by atoms with Gasteiger partial charge in [-0.3, -0.25) is 13.9 Å². The number of hydrogen-bond acceptors (Lipinski definition) is 4. The Labute approximate surface area is 263 Å². The number of carbonyl (C=O) groups is 2. The van der Waals surface area contributed by atoms with Crippen molar-refractivity contribution in [2.75, 3.05) is 10.8 Å². The van der Waals surface area contributed by atoms with E-state index in [9.17, 15) is 22.4 Å². The molecule has 0 heterocycles. The standard InChI is InChI=1S/C34H35ClFN3O4S/c1-34(2,3)37-33(41)31(22-25-11-6-4-7-12-25)38(23-26-13-10-14-27(35)21-26)32(40)24-39(29-15-8-5-9-16-29)44(42,43)30-19-17-28(36)18-20-30/h4-21,31H,22-24H2,1-3H3,(H,37,41). The van der Waals surface area contributed by atoms with Crippen LogP contribution in [0.5, 0.6) is 0 Å². The van der Waals surface area contributed by atoms with Crippen molar-refractivity contribution in [2.24, 2.45) is 0 Å². The number of sulfonamides is 1. The summed E-state index contributed by atoms with van der Waals surface area (Å²) in [7, 11) is -4.32. The van der Waals surface area contributed by atoms with E-state index in [1.807, 2.05) is 51.1 Å². The minimum absolute atomic E-state index is 0.00627. The molecular formula is C34H35ClFN3O4S. The summed E-state index contributed by atoms with van der Waals surface area (Å²) in [5, 5.41) is 3.45. The predicted molar refractivity (Wildman–Crippen MR) is 171 cm³/mol. The summed E-state index contributed by atoms with van der Waals surface area (Å²) in [5.74, 6) is -1.58. The zero-order chi connectivity index (χ0) is 31.9. The molecule has 0 saturated heterocycles. The van der Waals surface area contributed by atoms with E-state index >= 15 is 0 Å². The van der Waals surface area contributed by atoms with Gasteiger partial charge in [-0.05, 0) is 80.4 Å². The summed E-state index contributed by atoms with van der Waals surface area (Å²) < 4.78 is 42.5. The molecule has 0 aliphatic heterocycles. The third kappa shape index (κ3) is 8.67. The molecule has 0 spiro atoms. The van der Waals surface area contributed by atoms with Crippen molar-refractivity contribution in [3.63, 3.8) is 0 Å². The van der Waals surface area contributed by atoms with Gasteiger partial charge in [0.25, 0.3) is 10.0 Å². The molecule has 4 aromatic carbocycles. The molecule has 0 aliphatic carbocycles. The van der Waals surface area contributed by atoms with Crippen LogP contribution in [0.2, 0.25) is 5.02 Å². The predicted octanol–water partition coefficient (Wildman–Crippen LogP) is 6.23. The molecule has 1 N–H and O–H groups in total. The van der Waals surface area contributed by atoms with E-state index in [2.05, 4.69) is 5.32 Å². The van der Waals surface area contributed by atoms with Crippen molar-refractivity contribution >= 4 is 39.1 Å². The average molecular weight is 636 g/mol. The molecule has 4 rings (SSSR count). The maximum absolute atomic E-state index is 14.4. The second-order valence-electron chi connectivity index (χ2n) is 11.4. The summed E-state index contributed by atoms with van der Waals surface area (Å²) in [5.41, 5.74) is 1.13. The number of carbonyl (C=O) groups excluding carboxylic acids is 2. The average Bonchev–Trinajstić information content (AvgIpc) is 2.98. The lowest BCUT2D eigenvalue weighted by Gasteiger charge is -2.35. The first-order chi connectivity index (χ1) is 20.8. The highest BCUT2D eigenvalue weighted by atomic mass is 35.5. The van der Waals surface area contributed by atoms with Crippen LogP contribution in [-0.4, -0.2) is 43.3 Å². The first-order valence-electron chi connectivity index (χ1n) is 14.1. The molecule has 0 aliphatic rings. The molecule has 0 bridgehead atoms. The summed E-state index contributed by atoms with van der Waals surface area (Å²) in [4.78, 5) is 29.5. The van der Waals surface area contributed by atoms with Crippen LogP contribution in [0.25, 0.3) is 0 Å². The smallest absolute Gasteiger partial charge is 0.264 e. The van der Waals surface area contributed by atoms with Crippen molar-refractivity contribution < 1.29 is 22.4 Å². The fourth-order valence-corrected chi connectivity index (χ4v) is 6.32. The maximum atomic E-state index is 14.4. The van der Waals surface area contributed by atoms with Gasteiger partial charge in [-0.25, -0.2) is 12.8 Å². The topological polar surface area (TPSA) is 86.8 Å². The highest BCUT2D eigenvalue weighted by Crippen LogP contribution is 2.25. The molecule has 1 unspecified atom stereocenters. The lowest BCUT2D eigenvalue weighted by molar-refractivity contribution is -0.140. The molecule has 44 heavy (non-hydrogen) atoms. The molecule has 0 radical (unpaired) electrons. The van der Waals surface area contributed by atoms with Gasteiger partial charge in [0.05, 0.1) is 10.6 Å². The van der Waals surface area contributed by atoms with Crippen molar-refractivity contribution in [3.8, 4) is 0 Å². The van der Waals surface area contributed by atoms with Crippen LogP contribution in [-0.2, 0) is 32.6 Å². The molecule has 230 valence electrons. The van der Waals surface area contributed by atoms with E-state index in [1.165, 1.54) is 4.90 Å². The van der Waals surface area contributed by atoms with Crippen LogP contribution in [0, 0.1) is 5.82 Å². The molecule has 0 saturated carbocycles. The van der Waals surface area contributed by atoms with Crippen molar-refractivity contribution in [1.29, 1.82) is 0 Å². The van der Waals surface area contributed by atoms with Crippen LogP contribution in [0.15, 0.2) is 114 Å². The van der Waals surface area contributed by atoms with E-state index in [0.29, 0.717) is 10.6 Å². The fourth-order valence-electron chi connectivity index (χ4n) is 4.70. The SMILES string of the molecule is CC(C)(C)NC(=O)C(Cc1ccccc1)N(Cc1cccc(Cl)c1)C(=O)CN(c1ccccc1)S(=O)(=O)c1ccc(F)cc1. The zero-order valence-electron chi connectivity index (χ0n) is 24.8. The molecule has 2 amide bonds. The van der Waals surface area contributed by atoms with Gasteiger partial charge in [0, 0.05) is 23.5 Å². The van der Waals surface area contributed by atoms with Gasteiger partial charge < -0.3 is 10.2 Å². The van der Waals surface area contributed by atoms with E-state index in [1.54, 1.807) is 54.6 Å². The number of benzene rings is 4. The number of halogens is 2. The quantitative estimate of drug-likeness (QED) is 0.212. The Hall–Kier alpha value is -4.21. The third-order valence-electron chi connectivity index (χ3n) is 6.74. The van der Waals surface area contributed by atoms with E-state index in [0.717, 1.165) is 34.1 Å². The first kappa shape index (κ1) is 32.7. The first-order valence-corrected chi connectivity index (χ1v) is 15.9. The number of nitrogens with zero attached hydrogens (tertiary/aromatic N) is 2. The Balaban J connectivity index is 1.80. The molecule has 1 atom stereocenters. The van der Waals surface area contributed by atoms with Gasteiger partial charge >= 0.3 is 0 Å². The minimum Gasteiger partial charge on any atom is -0.350 e. The lowest BCUT2D eigenvalue weighted by Crippen LogP contribution is -2.56. The number of nitrogens with one attached hydrogen (secondary N) is 1. The Morgan fingerprint density at radius 3 is 2.02 bits per heavy atom. The third-order valence-corrected chi connectivity index (χ3v) is 8.76. The normalized spacial score (nSPS) is 12.3. The van der Waals surface area contributed by atoms with Gasteiger partial charge in [0.15, 0.2) is 0 Å². The molecule has 4 aromatic rings. The summed E-state index contributed by atoms with van der Waals surface area (Å²) in [6.45, 7) is 4.92. The molecule has 7 nitrogen and oxygen atoms in total. The van der Waals surface area contributed by atoms with Gasteiger partial charge in [0.2, 0.25) is 11.8 Å². The van der Waals surface area contributed by atoms with Gasteiger partial charge in [-0.2, -0.15) is 0 Å². The van der Waals surface area contributed by atoms with E-state index < -0.39 is 39.9 Å². The summed E-state index contributed by atoms with van der Waals surface area (Å²) in [6, 6.07) is 27.9. The van der Waals surface area contributed by atoms with Crippen LogP contribution in [0.3, 0.4) is 0 Å². The second kappa shape index (κ2) is 14.1. The van der Waals surface area contributed by atoms with Gasteiger partial charge in [-0.1, -0.05) is 72.3 Å². The van der Waals surface area contributed by atoms with Crippen LogP contribution >= 0.6 is 11.6 Å². The fraction of sp³-hybridized carbons (Fsp3) is 0.235. The van der Waals surface area contributed by atoms with Gasteiger partial charge in [-0.15, -0.1) is 0 Å². The molecule has 10 heteroatoms. The summed E-state index contributed by atoms with van der Waals surface area (Å²) in [6.07, 6.45) is 0.186. The second-order valence-corrected chi connectivity index (χ2v) is 13.7. The van der Waals surface area contributed by atoms with Crippen molar-refractivity contribution in [2.45, 2.75) is 50.2 Å². The Morgan fingerprint density at radius 1 is 0.841 bits per heavy atom. The van der Waals surface area contributed by atoms with E-state index in [4.69, 9.17) is 11.6 Å². The van der Waals surface area contributed by atoms with E-state index in [-0.39, 0.29) is 29.5 Å². The largest absolute Gasteiger partial charge is 0.350 e. The van der Waals surface area contributed by atoms with Crippen LogP contribution < -0.4 is 9.62 Å². The lowest BCUT2D eigenvalue weighted by atomic mass is 10.0. The molecule has 0 fully saturated rings. The molecule has 0 aromatic heterocycles. The number of rotatable bonds is 11. The van der Waals surface area contributed by atoms with Crippen molar-refractivity contribution in [3.05, 3.63) is 131 Å². The van der Waals surface area contributed by atoms with Crippen LogP contribution in [0.4, 0.5) is 10.1 Å². The summed E-state index contributed by atoms with van der Waals surface area (Å²) >= 11 is 6.27. The number of amides is 2. The van der Waals surface area contributed by atoms with Crippen LogP contribution in [0.1, 0.15) is 31.9 Å². The molecular weight excluding hydrogens is 601 g/mol. The van der Waals surface area contributed by atoms with Crippen molar-refractivity contribution in [1.82, 2.24) is 10.2 Å². The Bertz CT molecular complexity index is 1680. The number of hydrogen-bond donors (Lipinski definition) is 1. The number of para-hydroxylation sites is 1. The van der Waals surface area contributed by atoms with Gasteiger partial charge in [0.1, 0.15) is 18.4 Å². The Kier molecular flexibility index (Phi) is 10.4. The highest BCUT2D eigenvalue weighted by Gasteiger charge is 2.35. The number of anilines is 1. The maximum Gasteiger partial charge on any atom is 0.264 e. The zero-order valence-corrected chi connectivity index (χ0v) is 26.4. The monoisotopic (exact) mass is 635 g/mol. The Morgan fingerprint density at radius 2 is 1.43 bits per heavy atom.